The average molecular weight is 493 g/mol. The van der Waals surface area contributed by atoms with Gasteiger partial charge in [0.2, 0.25) is 15.9 Å². The van der Waals surface area contributed by atoms with Crippen LogP contribution in [0, 0.1) is 13.8 Å². The van der Waals surface area contributed by atoms with Crippen molar-refractivity contribution in [2.75, 3.05) is 21.9 Å². The molecule has 4 rings (SSSR count). The number of carbonyl (C=O) groups is 1. The fourth-order valence-corrected chi connectivity index (χ4v) is 5.90. The SMILES string of the molecule is Cc1nn(-c2ccc(Cl)cc2Cl)c(C)c1CC(=O)Nc1cccc(N2CCCS2(=O)=O)c1. The zero-order chi connectivity index (χ0) is 23.0. The lowest BCUT2D eigenvalue weighted by Gasteiger charge is -2.17. The van der Waals surface area contributed by atoms with E-state index in [-0.39, 0.29) is 18.1 Å². The number of hydrogen-bond donors (Lipinski definition) is 1. The number of aryl methyl sites for hydroxylation is 1. The molecule has 1 saturated heterocycles. The zero-order valence-electron chi connectivity index (χ0n) is 17.6. The normalized spacial score (nSPS) is 15.2. The number of aromatic nitrogens is 2. The molecule has 3 aromatic rings. The van der Waals surface area contributed by atoms with Gasteiger partial charge in [0.15, 0.2) is 0 Å². The van der Waals surface area contributed by atoms with E-state index < -0.39 is 10.0 Å². The van der Waals surface area contributed by atoms with Crippen LogP contribution in [0.25, 0.3) is 5.69 Å². The van der Waals surface area contributed by atoms with E-state index in [1.165, 1.54) is 4.31 Å². The van der Waals surface area contributed by atoms with Gasteiger partial charge >= 0.3 is 0 Å². The second kappa shape index (κ2) is 8.77. The van der Waals surface area contributed by atoms with Crippen LogP contribution < -0.4 is 9.62 Å². The molecule has 1 N–H and O–H groups in total. The first-order valence-corrected chi connectivity index (χ1v) is 12.4. The van der Waals surface area contributed by atoms with Gasteiger partial charge in [-0.1, -0.05) is 29.3 Å². The lowest BCUT2D eigenvalue weighted by molar-refractivity contribution is -0.115. The Bertz CT molecular complexity index is 1300. The van der Waals surface area contributed by atoms with Crippen molar-refractivity contribution in [1.29, 1.82) is 0 Å². The number of halogens is 2. The standard InChI is InChI=1S/C22H22Cl2N4O3S/c1-14-19(15(2)28(26-14)21-8-7-16(23)11-20(21)24)13-22(29)25-17-5-3-6-18(12-17)27-9-4-10-32(27,30)31/h3,5-8,11-12H,4,9-10,13H2,1-2H3,(H,25,29). The zero-order valence-corrected chi connectivity index (χ0v) is 19.9. The Morgan fingerprint density at radius 2 is 1.94 bits per heavy atom. The molecule has 0 saturated carbocycles. The smallest absolute Gasteiger partial charge is 0.235 e. The first-order valence-electron chi connectivity index (χ1n) is 10.1. The van der Waals surface area contributed by atoms with E-state index in [0.717, 1.165) is 17.0 Å². The van der Waals surface area contributed by atoms with Crippen LogP contribution >= 0.6 is 23.2 Å². The molecule has 2 heterocycles. The Kier molecular flexibility index (Phi) is 6.20. The number of rotatable bonds is 5. The molecule has 1 aliphatic heterocycles. The highest BCUT2D eigenvalue weighted by Crippen LogP contribution is 2.28. The van der Waals surface area contributed by atoms with Gasteiger partial charge in [-0.3, -0.25) is 9.10 Å². The third kappa shape index (κ3) is 4.48. The van der Waals surface area contributed by atoms with Crippen molar-refractivity contribution in [1.82, 2.24) is 9.78 Å². The molecule has 0 spiro atoms. The molecule has 32 heavy (non-hydrogen) atoms. The highest BCUT2D eigenvalue weighted by atomic mass is 35.5. The molecule has 2 aromatic carbocycles. The van der Waals surface area contributed by atoms with Gasteiger partial charge < -0.3 is 5.32 Å². The summed E-state index contributed by atoms with van der Waals surface area (Å²) in [4.78, 5) is 12.8. The molecule has 0 unspecified atom stereocenters. The van der Waals surface area contributed by atoms with Crippen LogP contribution in [0.5, 0.6) is 0 Å². The van der Waals surface area contributed by atoms with Crippen LogP contribution in [0.3, 0.4) is 0 Å². The van der Waals surface area contributed by atoms with E-state index in [4.69, 9.17) is 23.2 Å². The number of nitrogens with zero attached hydrogens (tertiary/aromatic N) is 3. The van der Waals surface area contributed by atoms with Gasteiger partial charge in [-0.15, -0.1) is 0 Å². The van der Waals surface area contributed by atoms with Crippen LogP contribution in [0.2, 0.25) is 10.0 Å². The Morgan fingerprint density at radius 3 is 2.62 bits per heavy atom. The van der Waals surface area contributed by atoms with Crippen LogP contribution in [0.15, 0.2) is 42.5 Å². The molecule has 10 heteroatoms. The monoisotopic (exact) mass is 492 g/mol. The number of sulfonamides is 1. The summed E-state index contributed by atoms with van der Waals surface area (Å²) in [5, 5.41) is 8.41. The number of anilines is 2. The summed E-state index contributed by atoms with van der Waals surface area (Å²) < 4.78 is 27.5. The van der Waals surface area contributed by atoms with Crippen molar-refractivity contribution in [2.24, 2.45) is 0 Å². The summed E-state index contributed by atoms with van der Waals surface area (Å²) in [5.41, 5.74) is 4.10. The van der Waals surface area contributed by atoms with Gasteiger partial charge in [0, 0.05) is 28.5 Å². The minimum Gasteiger partial charge on any atom is -0.326 e. The minimum absolute atomic E-state index is 0.120. The molecule has 1 aromatic heterocycles. The number of amides is 1. The first kappa shape index (κ1) is 22.6. The van der Waals surface area contributed by atoms with Crippen LogP contribution in [0.1, 0.15) is 23.4 Å². The Hall–Kier alpha value is -2.55. The fourth-order valence-electron chi connectivity index (χ4n) is 3.85. The second-order valence-electron chi connectivity index (χ2n) is 7.67. The number of hydrogen-bond acceptors (Lipinski definition) is 4. The second-order valence-corrected chi connectivity index (χ2v) is 10.5. The van der Waals surface area contributed by atoms with Crippen LogP contribution in [-0.2, 0) is 21.2 Å². The van der Waals surface area contributed by atoms with Gasteiger partial charge in [-0.2, -0.15) is 5.10 Å². The Balaban J connectivity index is 1.53. The van der Waals surface area contributed by atoms with Crippen molar-refractivity contribution < 1.29 is 13.2 Å². The molecule has 1 aliphatic rings. The first-order chi connectivity index (χ1) is 15.2. The third-order valence-corrected chi connectivity index (χ3v) is 7.84. The molecule has 0 radical (unpaired) electrons. The summed E-state index contributed by atoms with van der Waals surface area (Å²) in [6.07, 6.45) is 0.716. The summed E-state index contributed by atoms with van der Waals surface area (Å²) in [6.45, 7) is 4.17. The summed E-state index contributed by atoms with van der Waals surface area (Å²) in [6, 6.07) is 12.0. The van der Waals surface area contributed by atoms with Crippen molar-refractivity contribution >= 4 is 50.5 Å². The van der Waals surface area contributed by atoms with Gasteiger partial charge in [0.1, 0.15) is 0 Å². The fraction of sp³-hybridized carbons (Fsp3) is 0.273. The molecule has 0 bridgehead atoms. The van der Waals surface area contributed by atoms with Crippen LogP contribution in [0.4, 0.5) is 11.4 Å². The average Bonchev–Trinajstić information content (AvgIpc) is 3.21. The highest BCUT2D eigenvalue weighted by molar-refractivity contribution is 7.93. The predicted molar refractivity (Wildman–Crippen MR) is 128 cm³/mol. The Morgan fingerprint density at radius 1 is 1.16 bits per heavy atom. The summed E-state index contributed by atoms with van der Waals surface area (Å²) in [7, 11) is -3.28. The number of nitrogens with one attached hydrogen (secondary N) is 1. The summed E-state index contributed by atoms with van der Waals surface area (Å²) >= 11 is 12.3. The van der Waals surface area contributed by atoms with E-state index >= 15 is 0 Å². The van der Waals surface area contributed by atoms with Crippen LogP contribution in [-0.4, -0.2) is 36.4 Å². The molecule has 0 aliphatic carbocycles. The maximum absolute atomic E-state index is 12.8. The van der Waals surface area contributed by atoms with Crippen molar-refractivity contribution in [3.05, 3.63) is 69.5 Å². The van der Waals surface area contributed by atoms with Gasteiger partial charge in [-0.25, -0.2) is 13.1 Å². The molecule has 7 nitrogen and oxygen atoms in total. The number of carbonyl (C=O) groups excluding carboxylic acids is 1. The molecular weight excluding hydrogens is 471 g/mol. The third-order valence-electron chi connectivity index (χ3n) is 5.43. The van der Waals surface area contributed by atoms with Crippen molar-refractivity contribution in [2.45, 2.75) is 26.7 Å². The van der Waals surface area contributed by atoms with Crippen molar-refractivity contribution in [3.8, 4) is 5.69 Å². The van der Waals surface area contributed by atoms with Gasteiger partial charge in [0.05, 0.1) is 34.3 Å². The van der Waals surface area contributed by atoms with E-state index in [9.17, 15) is 13.2 Å². The number of benzene rings is 2. The van der Waals surface area contributed by atoms with Gasteiger partial charge in [0.25, 0.3) is 0 Å². The molecule has 1 fully saturated rings. The molecule has 168 valence electrons. The largest absolute Gasteiger partial charge is 0.326 e. The van der Waals surface area contributed by atoms with E-state index in [0.29, 0.717) is 40.1 Å². The maximum atomic E-state index is 12.8. The van der Waals surface area contributed by atoms with E-state index in [2.05, 4.69) is 10.4 Å². The van der Waals surface area contributed by atoms with E-state index in [1.54, 1.807) is 47.1 Å². The Labute approximate surface area is 197 Å². The van der Waals surface area contributed by atoms with E-state index in [1.807, 2.05) is 13.8 Å². The van der Waals surface area contributed by atoms with Gasteiger partial charge in [-0.05, 0) is 56.7 Å². The quantitative estimate of drug-likeness (QED) is 0.567. The lowest BCUT2D eigenvalue weighted by atomic mass is 10.1. The van der Waals surface area contributed by atoms with Crippen molar-refractivity contribution in [3.63, 3.8) is 0 Å². The lowest BCUT2D eigenvalue weighted by Crippen LogP contribution is -2.25. The molecule has 0 atom stereocenters. The topological polar surface area (TPSA) is 84.3 Å². The highest BCUT2D eigenvalue weighted by Gasteiger charge is 2.28. The predicted octanol–water partition coefficient (Wildman–Crippen LogP) is 4.52. The molecular formula is C22H22Cl2N4O3S. The maximum Gasteiger partial charge on any atom is 0.235 e. The minimum atomic E-state index is -3.28. The molecule has 1 amide bonds. The summed E-state index contributed by atoms with van der Waals surface area (Å²) in [5.74, 6) is -0.0802.